The first-order valence-corrected chi connectivity index (χ1v) is 13.9. The SMILES string of the molecule is CCCC(=O)N1CCC(NC[C@@H](O)[C@H](Cc2cc(F)cc(F)c2)NC(C)=O)(c2cccc(C(C)(C)C)c2)CC1. The van der Waals surface area contributed by atoms with Gasteiger partial charge in [-0.05, 0) is 59.9 Å². The summed E-state index contributed by atoms with van der Waals surface area (Å²) in [5, 5.41) is 17.6. The summed E-state index contributed by atoms with van der Waals surface area (Å²) >= 11 is 0. The lowest BCUT2D eigenvalue weighted by Crippen LogP contribution is -2.56. The molecule has 2 aromatic rings. The Morgan fingerprint density at radius 1 is 1.08 bits per heavy atom. The number of likely N-dealkylation sites (tertiary alicyclic amines) is 1. The third-order valence-electron chi connectivity index (χ3n) is 7.60. The molecule has 214 valence electrons. The number of hydrogen-bond acceptors (Lipinski definition) is 4. The number of halogens is 2. The van der Waals surface area contributed by atoms with Crippen LogP contribution in [0, 0.1) is 11.6 Å². The Hall–Kier alpha value is -2.84. The van der Waals surface area contributed by atoms with Crippen LogP contribution in [0.5, 0.6) is 0 Å². The Morgan fingerprint density at radius 3 is 2.28 bits per heavy atom. The molecule has 0 radical (unpaired) electrons. The van der Waals surface area contributed by atoms with E-state index in [1.54, 1.807) is 0 Å². The van der Waals surface area contributed by atoms with Crippen molar-refractivity contribution in [1.29, 1.82) is 0 Å². The van der Waals surface area contributed by atoms with Gasteiger partial charge in [-0.3, -0.25) is 9.59 Å². The van der Waals surface area contributed by atoms with Crippen LogP contribution in [0.25, 0.3) is 0 Å². The molecule has 0 spiro atoms. The van der Waals surface area contributed by atoms with Gasteiger partial charge >= 0.3 is 0 Å². The molecule has 1 aliphatic rings. The van der Waals surface area contributed by atoms with E-state index >= 15 is 0 Å². The number of benzene rings is 2. The van der Waals surface area contributed by atoms with Crippen molar-refractivity contribution in [1.82, 2.24) is 15.5 Å². The average molecular weight is 544 g/mol. The number of carbonyl (C=O) groups excluding carboxylic acids is 2. The van der Waals surface area contributed by atoms with Gasteiger partial charge in [-0.25, -0.2) is 8.78 Å². The van der Waals surface area contributed by atoms with Gasteiger partial charge in [0.1, 0.15) is 11.6 Å². The van der Waals surface area contributed by atoms with E-state index in [1.807, 2.05) is 17.9 Å². The van der Waals surface area contributed by atoms with E-state index in [-0.39, 0.29) is 30.2 Å². The summed E-state index contributed by atoms with van der Waals surface area (Å²) in [4.78, 5) is 26.4. The average Bonchev–Trinajstić information content (AvgIpc) is 2.86. The van der Waals surface area contributed by atoms with Crippen LogP contribution in [0.4, 0.5) is 8.78 Å². The number of carbonyl (C=O) groups is 2. The van der Waals surface area contributed by atoms with Gasteiger partial charge < -0.3 is 20.6 Å². The molecule has 0 aromatic heterocycles. The monoisotopic (exact) mass is 543 g/mol. The van der Waals surface area contributed by atoms with E-state index in [9.17, 15) is 23.5 Å². The van der Waals surface area contributed by atoms with Crippen molar-refractivity contribution < 1.29 is 23.5 Å². The molecule has 0 saturated carbocycles. The highest BCUT2D eigenvalue weighted by Gasteiger charge is 2.38. The number of hydrogen-bond donors (Lipinski definition) is 3. The van der Waals surface area contributed by atoms with Crippen molar-refractivity contribution in [2.75, 3.05) is 19.6 Å². The molecule has 0 aliphatic carbocycles. The van der Waals surface area contributed by atoms with Gasteiger partial charge in [0.25, 0.3) is 0 Å². The highest BCUT2D eigenvalue weighted by atomic mass is 19.1. The lowest BCUT2D eigenvalue weighted by atomic mass is 9.77. The summed E-state index contributed by atoms with van der Waals surface area (Å²) in [5.41, 5.74) is 2.09. The number of aliphatic hydroxyl groups is 1. The Labute approximate surface area is 231 Å². The number of piperidine rings is 1. The lowest BCUT2D eigenvalue weighted by molar-refractivity contribution is -0.133. The van der Waals surface area contributed by atoms with Crippen LogP contribution in [-0.2, 0) is 27.0 Å². The molecule has 2 atom stereocenters. The molecule has 1 fully saturated rings. The van der Waals surface area contributed by atoms with E-state index in [1.165, 1.54) is 24.6 Å². The number of nitrogens with one attached hydrogen (secondary N) is 2. The molecule has 2 aromatic carbocycles. The van der Waals surface area contributed by atoms with Crippen molar-refractivity contribution in [3.63, 3.8) is 0 Å². The van der Waals surface area contributed by atoms with E-state index < -0.39 is 29.3 Å². The summed E-state index contributed by atoms with van der Waals surface area (Å²) in [6.45, 7) is 11.2. The molecule has 6 nitrogen and oxygen atoms in total. The molecule has 1 heterocycles. The van der Waals surface area contributed by atoms with Crippen molar-refractivity contribution in [3.05, 3.63) is 70.8 Å². The predicted octanol–water partition coefficient (Wildman–Crippen LogP) is 4.58. The molecular formula is C31H43F2N3O3. The van der Waals surface area contributed by atoms with Gasteiger partial charge in [0.05, 0.1) is 12.1 Å². The first kappa shape index (κ1) is 30.7. The van der Waals surface area contributed by atoms with Crippen LogP contribution in [-0.4, -0.2) is 53.6 Å². The van der Waals surface area contributed by atoms with Crippen molar-refractivity contribution in [2.45, 2.75) is 89.8 Å². The van der Waals surface area contributed by atoms with Crippen molar-refractivity contribution in [2.24, 2.45) is 0 Å². The van der Waals surface area contributed by atoms with Gasteiger partial charge in [-0.15, -0.1) is 0 Å². The molecule has 1 aliphatic heterocycles. The summed E-state index contributed by atoms with van der Waals surface area (Å²) in [6.07, 6.45) is 1.72. The van der Waals surface area contributed by atoms with Crippen LogP contribution >= 0.6 is 0 Å². The normalized spacial score (nSPS) is 17.0. The van der Waals surface area contributed by atoms with E-state index in [0.717, 1.165) is 18.1 Å². The van der Waals surface area contributed by atoms with E-state index in [2.05, 4.69) is 49.6 Å². The van der Waals surface area contributed by atoms with Gasteiger partial charge in [0, 0.05) is 44.6 Å². The zero-order valence-electron chi connectivity index (χ0n) is 23.8. The van der Waals surface area contributed by atoms with E-state index in [0.29, 0.717) is 37.9 Å². The zero-order valence-corrected chi connectivity index (χ0v) is 23.8. The van der Waals surface area contributed by atoms with Gasteiger partial charge in [-0.1, -0.05) is 52.0 Å². The van der Waals surface area contributed by atoms with Crippen LogP contribution in [0.15, 0.2) is 42.5 Å². The zero-order chi connectivity index (χ0) is 28.8. The van der Waals surface area contributed by atoms with Crippen LogP contribution in [0.1, 0.15) is 77.0 Å². The Morgan fingerprint density at radius 2 is 1.72 bits per heavy atom. The van der Waals surface area contributed by atoms with Crippen LogP contribution in [0.2, 0.25) is 0 Å². The lowest BCUT2D eigenvalue weighted by Gasteiger charge is -2.44. The minimum absolute atomic E-state index is 0.0504. The van der Waals surface area contributed by atoms with Gasteiger partial charge in [0.2, 0.25) is 11.8 Å². The highest BCUT2D eigenvalue weighted by molar-refractivity contribution is 5.76. The summed E-state index contributed by atoms with van der Waals surface area (Å²) in [7, 11) is 0. The summed E-state index contributed by atoms with van der Waals surface area (Å²) in [5.74, 6) is -1.60. The minimum atomic E-state index is -1.03. The Balaban J connectivity index is 1.85. The summed E-state index contributed by atoms with van der Waals surface area (Å²) < 4.78 is 27.6. The fourth-order valence-corrected chi connectivity index (χ4v) is 5.33. The molecule has 3 rings (SSSR count). The van der Waals surface area contributed by atoms with Crippen LogP contribution < -0.4 is 10.6 Å². The number of aliphatic hydroxyl groups excluding tert-OH is 1. The molecule has 1 saturated heterocycles. The van der Waals surface area contributed by atoms with Crippen molar-refractivity contribution >= 4 is 11.8 Å². The number of nitrogens with zero attached hydrogens (tertiary/aromatic N) is 1. The predicted molar refractivity (Wildman–Crippen MR) is 149 cm³/mol. The third kappa shape index (κ3) is 8.32. The first-order valence-electron chi connectivity index (χ1n) is 13.9. The van der Waals surface area contributed by atoms with Gasteiger partial charge in [-0.2, -0.15) is 0 Å². The summed E-state index contributed by atoms with van der Waals surface area (Å²) in [6, 6.07) is 10.9. The molecule has 8 heteroatoms. The second-order valence-corrected chi connectivity index (χ2v) is 11.8. The smallest absolute Gasteiger partial charge is 0.222 e. The Bertz CT molecular complexity index is 1120. The first-order chi connectivity index (χ1) is 18.3. The molecular weight excluding hydrogens is 500 g/mol. The molecule has 0 unspecified atom stereocenters. The quantitative estimate of drug-likeness (QED) is 0.410. The maximum Gasteiger partial charge on any atom is 0.222 e. The second kappa shape index (κ2) is 13.0. The third-order valence-corrected chi connectivity index (χ3v) is 7.60. The molecule has 2 amide bonds. The number of amides is 2. The second-order valence-electron chi connectivity index (χ2n) is 11.8. The molecule has 3 N–H and O–H groups in total. The molecule has 39 heavy (non-hydrogen) atoms. The molecule has 0 bridgehead atoms. The fraction of sp³-hybridized carbons (Fsp3) is 0.548. The minimum Gasteiger partial charge on any atom is -0.390 e. The number of rotatable bonds is 10. The largest absolute Gasteiger partial charge is 0.390 e. The highest BCUT2D eigenvalue weighted by Crippen LogP contribution is 2.36. The maximum atomic E-state index is 13.8. The fourth-order valence-electron chi connectivity index (χ4n) is 5.33. The Kier molecular flexibility index (Phi) is 10.2. The standard InChI is InChI=1S/C31H43F2N3O3/c1-6-8-29(39)36-13-11-31(12-14-36,24-10-7-9-23(18-24)30(3,4)5)34-20-28(38)27(35-21(2)37)17-22-15-25(32)19-26(33)16-22/h7,9-10,15-16,18-19,27-28,34,38H,6,8,11-14,17,20H2,1-5H3,(H,35,37)/t27-,28+/m0/s1. The van der Waals surface area contributed by atoms with Crippen molar-refractivity contribution in [3.8, 4) is 0 Å². The maximum absolute atomic E-state index is 13.8. The van der Waals surface area contributed by atoms with Crippen LogP contribution in [0.3, 0.4) is 0 Å². The topological polar surface area (TPSA) is 81.7 Å². The van der Waals surface area contributed by atoms with E-state index in [4.69, 9.17) is 0 Å². The van der Waals surface area contributed by atoms with Gasteiger partial charge in [0.15, 0.2) is 0 Å².